The number of thioether (sulfide) groups is 1. The number of nitrogens with zero attached hydrogens (tertiary/aromatic N) is 1. The van der Waals surface area contributed by atoms with E-state index >= 15 is 0 Å². The lowest BCUT2D eigenvalue weighted by Gasteiger charge is -2.60. The third kappa shape index (κ3) is 2.22. The molecule has 1 aromatic carbocycles. The van der Waals surface area contributed by atoms with E-state index in [0.717, 1.165) is 41.6 Å². The first-order valence-corrected chi connectivity index (χ1v) is 10.8. The van der Waals surface area contributed by atoms with Crippen LogP contribution in [0.1, 0.15) is 43.2 Å². The van der Waals surface area contributed by atoms with Crippen LogP contribution < -0.4 is 9.47 Å². The van der Waals surface area contributed by atoms with Gasteiger partial charge < -0.3 is 9.47 Å². The lowest BCUT2D eigenvalue weighted by molar-refractivity contribution is -0.0540. The predicted octanol–water partition coefficient (Wildman–Crippen LogP) is 4.56. The Hall–Kier alpha value is -1.16. The Kier molecular flexibility index (Phi) is 3.64. The fraction of sp³-hybridized carbons (Fsp3) is 0.667. The Labute approximate surface area is 154 Å². The van der Waals surface area contributed by atoms with Crippen LogP contribution in [0.2, 0.25) is 0 Å². The van der Waals surface area contributed by atoms with Gasteiger partial charge in [-0.05, 0) is 86.1 Å². The molecule has 1 heterocycles. The van der Waals surface area contributed by atoms with Crippen molar-refractivity contribution in [3.05, 3.63) is 23.3 Å². The zero-order valence-electron chi connectivity index (χ0n) is 15.4. The van der Waals surface area contributed by atoms with Crippen molar-refractivity contribution in [2.75, 3.05) is 20.5 Å². The van der Waals surface area contributed by atoms with Crippen LogP contribution in [0, 0.1) is 23.7 Å². The minimum atomic E-state index is 0.151. The molecule has 6 rings (SSSR count). The molecule has 5 aliphatic rings. The van der Waals surface area contributed by atoms with Crippen LogP contribution in [0.15, 0.2) is 17.1 Å². The van der Waals surface area contributed by atoms with Crippen LogP contribution in [0.4, 0.5) is 0 Å². The van der Waals surface area contributed by atoms with Crippen LogP contribution in [-0.2, 0) is 6.42 Å². The number of rotatable bonds is 2. The van der Waals surface area contributed by atoms with E-state index in [4.69, 9.17) is 14.5 Å². The van der Waals surface area contributed by atoms with E-state index in [1.807, 2.05) is 0 Å². The fourth-order valence-corrected chi connectivity index (χ4v) is 7.16. The van der Waals surface area contributed by atoms with E-state index in [9.17, 15) is 0 Å². The van der Waals surface area contributed by atoms with Crippen molar-refractivity contribution in [1.29, 1.82) is 0 Å². The van der Waals surface area contributed by atoms with Gasteiger partial charge >= 0.3 is 0 Å². The molecule has 4 heteroatoms. The van der Waals surface area contributed by atoms with Crippen molar-refractivity contribution in [1.82, 2.24) is 0 Å². The van der Waals surface area contributed by atoms with Crippen molar-refractivity contribution in [3.63, 3.8) is 0 Å². The van der Waals surface area contributed by atoms with E-state index in [2.05, 4.69) is 18.4 Å². The van der Waals surface area contributed by atoms with Gasteiger partial charge in [0.1, 0.15) is 0 Å². The van der Waals surface area contributed by atoms with Gasteiger partial charge in [-0.15, -0.1) is 11.8 Å². The summed E-state index contributed by atoms with van der Waals surface area (Å²) >= 11 is 1.79. The van der Waals surface area contributed by atoms with Crippen molar-refractivity contribution in [3.8, 4) is 11.5 Å². The Morgan fingerprint density at radius 1 is 0.960 bits per heavy atom. The Bertz CT molecular complexity index is 714. The molecular formula is C21H27NO2S. The van der Waals surface area contributed by atoms with Gasteiger partial charge in [0.25, 0.3) is 0 Å². The summed E-state index contributed by atoms with van der Waals surface area (Å²) in [5, 5.41) is 1.20. The second-order valence-electron chi connectivity index (χ2n) is 8.46. The Morgan fingerprint density at radius 2 is 1.56 bits per heavy atom. The number of aliphatic imine (C=N–C) groups is 1. The number of benzene rings is 1. The summed E-state index contributed by atoms with van der Waals surface area (Å²) in [5.41, 5.74) is 2.81. The molecule has 0 atom stereocenters. The Balaban J connectivity index is 1.63. The molecule has 0 aromatic heterocycles. The molecule has 4 fully saturated rings. The molecule has 0 amide bonds. The van der Waals surface area contributed by atoms with Gasteiger partial charge in [0.2, 0.25) is 0 Å². The maximum atomic E-state index is 5.59. The molecule has 134 valence electrons. The minimum Gasteiger partial charge on any atom is -0.493 e. The quantitative estimate of drug-likeness (QED) is 0.777. The second-order valence-corrected chi connectivity index (χ2v) is 9.25. The summed E-state index contributed by atoms with van der Waals surface area (Å²) in [5.74, 6) is 5.19. The highest BCUT2D eigenvalue weighted by atomic mass is 32.2. The maximum absolute atomic E-state index is 5.59. The van der Waals surface area contributed by atoms with Crippen molar-refractivity contribution >= 4 is 16.8 Å². The zero-order valence-corrected chi connectivity index (χ0v) is 16.2. The number of fused-ring (bicyclic) bond motifs is 1. The maximum Gasteiger partial charge on any atom is 0.161 e. The van der Waals surface area contributed by atoms with Crippen molar-refractivity contribution < 1.29 is 9.47 Å². The van der Waals surface area contributed by atoms with Gasteiger partial charge in [0.05, 0.1) is 24.8 Å². The van der Waals surface area contributed by atoms with Gasteiger partial charge in [0.15, 0.2) is 11.5 Å². The molecule has 25 heavy (non-hydrogen) atoms. The lowest BCUT2D eigenvalue weighted by Crippen LogP contribution is -2.58. The summed E-state index contributed by atoms with van der Waals surface area (Å²) < 4.78 is 11.1. The monoisotopic (exact) mass is 357 g/mol. The van der Waals surface area contributed by atoms with Crippen LogP contribution in [-0.4, -0.2) is 31.1 Å². The van der Waals surface area contributed by atoms with E-state index < -0.39 is 0 Å². The Morgan fingerprint density at radius 3 is 2.12 bits per heavy atom. The molecular weight excluding hydrogens is 330 g/mol. The summed E-state index contributed by atoms with van der Waals surface area (Å²) in [6.07, 6.45) is 10.4. The summed E-state index contributed by atoms with van der Waals surface area (Å²) in [6.45, 7) is 0. The van der Waals surface area contributed by atoms with Gasteiger partial charge in [-0.1, -0.05) is 0 Å². The smallest absolute Gasteiger partial charge is 0.161 e. The third-order valence-electron chi connectivity index (χ3n) is 7.37. The van der Waals surface area contributed by atoms with E-state index in [1.54, 1.807) is 26.0 Å². The molecule has 4 bridgehead atoms. The van der Waals surface area contributed by atoms with Crippen LogP contribution in [0.25, 0.3) is 0 Å². The van der Waals surface area contributed by atoms with Crippen LogP contribution >= 0.6 is 11.8 Å². The van der Waals surface area contributed by atoms with Gasteiger partial charge in [-0.25, -0.2) is 0 Å². The van der Waals surface area contributed by atoms with E-state index in [1.165, 1.54) is 48.3 Å². The molecule has 1 aromatic rings. The minimum absolute atomic E-state index is 0.151. The topological polar surface area (TPSA) is 30.8 Å². The molecule has 1 spiro atoms. The molecule has 0 N–H and O–H groups in total. The molecule has 4 aliphatic carbocycles. The SMILES string of the molecule is COc1cc2c(cc1OC)C(SC)=NC1(C2)C2CC3CC(C2)CC1C3. The molecule has 3 nitrogen and oxygen atoms in total. The van der Waals surface area contributed by atoms with Crippen molar-refractivity contribution in [2.24, 2.45) is 28.7 Å². The number of ether oxygens (including phenoxy) is 2. The molecule has 0 unspecified atom stereocenters. The summed E-state index contributed by atoms with van der Waals surface area (Å²) in [7, 11) is 3.44. The first-order chi connectivity index (χ1) is 12.2. The fourth-order valence-electron chi connectivity index (χ4n) is 6.49. The highest BCUT2D eigenvalue weighted by Crippen LogP contribution is 2.61. The van der Waals surface area contributed by atoms with Crippen molar-refractivity contribution in [2.45, 2.75) is 44.1 Å². The lowest BCUT2D eigenvalue weighted by atomic mass is 9.47. The number of hydrogen-bond acceptors (Lipinski definition) is 4. The standard InChI is InChI=1S/C21H27NO2S/c1-23-18-9-14-11-21(22-20(25-3)17(14)10-19(18)24-2)15-5-12-4-13(7-15)8-16(21)6-12/h9-10,12-13,15-16H,4-8,11H2,1-3H3. The molecule has 1 aliphatic heterocycles. The normalized spacial score (nSPS) is 37.8. The molecule has 4 saturated carbocycles. The van der Waals surface area contributed by atoms with Crippen LogP contribution in [0.3, 0.4) is 0 Å². The van der Waals surface area contributed by atoms with Gasteiger partial charge in [-0.2, -0.15) is 0 Å². The highest BCUT2D eigenvalue weighted by Gasteiger charge is 2.58. The summed E-state index contributed by atoms with van der Waals surface area (Å²) in [6, 6.07) is 4.35. The van der Waals surface area contributed by atoms with Crippen LogP contribution in [0.5, 0.6) is 11.5 Å². The number of methoxy groups -OCH3 is 2. The highest BCUT2D eigenvalue weighted by molar-refractivity contribution is 8.13. The third-order valence-corrected chi connectivity index (χ3v) is 8.07. The first-order valence-electron chi connectivity index (χ1n) is 9.56. The largest absolute Gasteiger partial charge is 0.493 e. The van der Waals surface area contributed by atoms with Gasteiger partial charge in [0, 0.05) is 5.56 Å². The average molecular weight is 358 g/mol. The molecule has 0 radical (unpaired) electrons. The van der Waals surface area contributed by atoms with E-state index in [0.29, 0.717) is 0 Å². The molecule has 0 saturated heterocycles. The predicted molar refractivity (Wildman–Crippen MR) is 103 cm³/mol. The van der Waals surface area contributed by atoms with Gasteiger partial charge in [-0.3, -0.25) is 4.99 Å². The second kappa shape index (κ2) is 5.67. The number of hydrogen-bond donors (Lipinski definition) is 0. The summed E-state index contributed by atoms with van der Waals surface area (Å²) in [4.78, 5) is 5.49. The average Bonchev–Trinajstić information content (AvgIpc) is 2.63. The first kappa shape index (κ1) is 16.0. The zero-order chi connectivity index (χ0) is 17.2. The van der Waals surface area contributed by atoms with E-state index in [-0.39, 0.29) is 5.54 Å².